The fraction of sp³-hybridized carbons (Fsp3) is 0.417. The number of para-hydroxylation sites is 1. The Morgan fingerprint density at radius 2 is 1.83 bits per heavy atom. The van der Waals surface area contributed by atoms with E-state index in [0.717, 1.165) is 0 Å². The van der Waals surface area contributed by atoms with Crippen LogP contribution in [0.25, 0.3) is 0 Å². The highest BCUT2D eigenvalue weighted by molar-refractivity contribution is 7.92. The largest absolute Gasteiger partial charge is 0.281 e. The van der Waals surface area contributed by atoms with Crippen molar-refractivity contribution in [3.05, 3.63) is 30.3 Å². The van der Waals surface area contributed by atoms with Crippen molar-refractivity contribution in [1.29, 1.82) is 0 Å². The summed E-state index contributed by atoms with van der Waals surface area (Å²) in [5.74, 6) is 0.0164. The number of hydrogen-bond donors (Lipinski definition) is 0. The van der Waals surface area contributed by atoms with Gasteiger partial charge in [-0.3, -0.25) is 9.10 Å². The predicted molar refractivity (Wildman–Crippen MR) is 73.3 cm³/mol. The van der Waals surface area contributed by atoms with E-state index in [0.29, 0.717) is 18.5 Å². The number of sulfonamides is 1. The van der Waals surface area contributed by atoms with Gasteiger partial charge in [-0.2, -0.15) is 0 Å². The van der Waals surface area contributed by atoms with Crippen molar-refractivity contribution in [2.75, 3.05) is 17.1 Å². The fourth-order valence-corrected chi connectivity index (χ4v) is 2.90. The average molecular weight is 290 g/mol. The smallest absolute Gasteiger partial charge is 0.234 e. The minimum atomic E-state index is -3.33. The van der Waals surface area contributed by atoms with Gasteiger partial charge in [0.05, 0.1) is 11.4 Å². The minimum Gasteiger partial charge on any atom is -0.281 e. The Labute approximate surface area is 113 Å². The molecule has 0 heterocycles. The lowest BCUT2D eigenvalue weighted by atomic mass is 10.3. The molecule has 0 bridgehead atoms. The molecule has 0 atom stereocenters. The molecule has 6 heteroatoms. The molecule has 0 radical (unpaired) electrons. The van der Waals surface area contributed by atoms with Crippen molar-refractivity contribution in [1.82, 2.24) is 0 Å². The Morgan fingerprint density at radius 3 is 2.39 bits per heavy atom. The molecule has 0 aliphatic carbocycles. The first-order chi connectivity index (χ1) is 8.43. The van der Waals surface area contributed by atoms with Gasteiger partial charge in [0.25, 0.3) is 0 Å². The van der Waals surface area contributed by atoms with E-state index in [1.807, 2.05) is 6.07 Å². The van der Waals surface area contributed by atoms with Crippen molar-refractivity contribution >= 4 is 32.6 Å². The summed E-state index contributed by atoms with van der Waals surface area (Å²) in [7, 11) is -1.81. The van der Waals surface area contributed by atoms with Crippen LogP contribution in [0, 0.1) is 0 Å². The molecule has 1 aromatic carbocycles. The van der Waals surface area contributed by atoms with Crippen LogP contribution in [0.1, 0.15) is 19.3 Å². The highest BCUT2D eigenvalue weighted by Gasteiger charge is 2.17. The van der Waals surface area contributed by atoms with E-state index in [1.54, 1.807) is 24.3 Å². The zero-order valence-electron chi connectivity index (χ0n) is 10.2. The van der Waals surface area contributed by atoms with Crippen molar-refractivity contribution in [2.24, 2.45) is 0 Å². The molecule has 1 aromatic rings. The first kappa shape index (κ1) is 15.0. The zero-order valence-corrected chi connectivity index (χ0v) is 11.7. The van der Waals surface area contributed by atoms with E-state index in [9.17, 15) is 13.2 Å². The van der Waals surface area contributed by atoms with Gasteiger partial charge in [-0.1, -0.05) is 18.2 Å². The molecule has 18 heavy (non-hydrogen) atoms. The molecule has 0 fully saturated rings. The highest BCUT2D eigenvalue weighted by atomic mass is 35.5. The SMILES string of the molecule is CN(c1ccccc1)S(=O)(=O)CCCCC(=O)Cl. The molecule has 0 aromatic heterocycles. The number of carbonyl (C=O) groups is 1. The van der Waals surface area contributed by atoms with Crippen LogP contribution in [0.5, 0.6) is 0 Å². The van der Waals surface area contributed by atoms with E-state index in [1.165, 1.54) is 11.4 Å². The number of unbranched alkanes of at least 4 members (excludes halogenated alkanes) is 1. The molecule has 0 N–H and O–H groups in total. The average Bonchev–Trinajstić information content (AvgIpc) is 2.34. The predicted octanol–water partition coefficient (Wildman–Crippen LogP) is 2.39. The summed E-state index contributed by atoms with van der Waals surface area (Å²) in [6, 6.07) is 8.87. The number of nitrogens with zero attached hydrogens (tertiary/aromatic N) is 1. The van der Waals surface area contributed by atoms with Crippen LogP contribution in [-0.4, -0.2) is 26.5 Å². The molecule has 0 saturated heterocycles. The third kappa shape index (κ3) is 4.66. The second-order valence-electron chi connectivity index (χ2n) is 3.93. The van der Waals surface area contributed by atoms with Gasteiger partial charge in [-0.25, -0.2) is 8.42 Å². The summed E-state index contributed by atoms with van der Waals surface area (Å²) >= 11 is 5.19. The lowest BCUT2D eigenvalue weighted by molar-refractivity contribution is -0.111. The highest BCUT2D eigenvalue weighted by Crippen LogP contribution is 2.16. The molecule has 0 amide bonds. The number of rotatable bonds is 7. The Hall–Kier alpha value is -1.07. The maximum Gasteiger partial charge on any atom is 0.234 e. The van der Waals surface area contributed by atoms with Crippen LogP contribution < -0.4 is 4.31 Å². The summed E-state index contributed by atoms with van der Waals surface area (Å²) in [5.41, 5.74) is 0.630. The molecule has 0 aliphatic rings. The number of halogens is 1. The summed E-state index contributed by atoms with van der Waals surface area (Å²) < 4.78 is 25.2. The van der Waals surface area contributed by atoms with Crippen molar-refractivity contribution < 1.29 is 13.2 Å². The number of carbonyl (C=O) groups excluding carboxylic acids is 1. The Morgan fingerprint density at radius 1 is 1.22 bits per heavy atom. The van der Waals surface area contributed by atoms with E-state index in [4.69, 9.17) is 11.6 Å². The maximum atomic E-state index is 12.0. The number of anilines is 1. The van der Waals surface area contributed by atoms with Crippen LogP contribution in [0.4, 0.5) is 5.69 Å². The third-order valence-electron chi connectivity index (χ3n) is 2.56. The van der Waals surface area contributed by atoms with Gasteiger partial charge >= 0.3 is 0 Å². The summed E-state index contributed by atoms with van der Waals surface area (Å²) in [6.07, 6.45) is 1.13. The van der Waals surface area contributed by atoms with Gasteiger partial charge in [-0.15, -0.1) is 0 Å². The lowest BCUT2D eigenvalue weighted by Gasteiger charge is -2.19. The first-order valence-corrected chi connectivity index (χ1v) is 7.62. The van der Waals surface area contributed by atoms with Crippen LogP contribution in [0.15, 0.2) is 30.3 Å². The van der Waals surface area contributed by atoms with Gasteiger partial charge in [-0.05, 0) is 36.6 Å². The lowest BCUT2D eigenvalue weighted by Crippen LogP contribution is -2.28. The molecule has 100 valence electrons. The second-order valence-corrected chi connectivity index (χ2v) is 6.47. The summed E-state index contributed by atoms with van der Waals surface area (Å²) in [4.78, 5) is 10.5. The Kier molecular flexibility index (Phi) is 5.62. The zero-order chi connectivity index (χ0) is 13.6. The molecule has 0 spiro atoms. The molecule has 0 unspecified atom stereocenters. The second kappa shape index (κ2) is 6.75. The van der Waals surface area contributed by atoms with Crippen LogP contribution in [0.2, 0.25) is 0 Å². The molecule has 4 nitrogen and oxygen atoms in total. The summed E-state index contributed by atoms with van der Waals surface area (Å²) in [5, 5.41) is -0.427. The number of benzene rings is 1. The molecule has 0 saturated carbocycles. The normalized spacial score (nSPS) is 11.2. The van der Waals surface area contributed by atoms with E-state index in [2.05, 4.69) is 0 Å². The minimum absolute atomic E-state index is 0.0164. The first-order valence-electron chi connectivity index (χ1n) is 5.63. The van der Waals surface area contributed by atoms with Crippen molar-refractivity contribution in [2.45, 2.75) is 19.3 Å². The van der Waals surface area contributed by atoms with Gasteiger partial charge < -0.3 is 0 Å². The molecule has 1 rings (SSSR count). The topological polar surface area (TPSA) is 54.5 Å². The molecule has 0 aliphatic heterocycles. The summed E-state index contributed by atoms with van der Waals surface area (Å²) in [6.45, 7) is 0. The van der Waals surface area contributed by atoms with Crippen LogP contribution in [-0.2, 0) is 14.8 Å². The van der Waals surface area contributed by atoms with Crippen molar-refractivity contribution in [3.8, 4) is 0 Å². The van der Waals surface area contributed by atoms with Crippen LogP contribution >= 0.6 is 11.6 Å². The van der Waals surface area contributed by atoms with Gasteiger partial charge in [0, 0.05) is 13.5 Å². The molecular formula is C12H16ClNO3S. The van der Waals surface area contributed by atoms with Crippen molar-refractivity contribution in [3.63, 3.8) is 0 Å². The van der Waals surface area contributed by atoms with Gasteiger partial charge in [0.1, 0.15) is 0 Å². The maximum absolute atomic E-state index is 12.0. The fourth-order valence-electron chi connectivity index (χ4n) is 1.48. The van der Waals surface area contributed by atoms with Crippen LogP contribution in [0.3, 0.4) is 0 Å². The molecular weight excluding hydrogens is 274 g/mol. The Balaban J connectivity index is 2.56. The van der Waals surface area contributed by atoms with Gasteiger partial charge in [0.2, 0.25) is 15.3 Å². The Bertz CT molecular complexity index is 487. The van der Waals surface area contributed by atoms with E-state index in [-0.39, 0.29) is 12.2 Å². The monoisotopic (exact) mass is 289 g/mol. The third-order valence-corrected chi connectivity index (χ3v) is 4.60. The van der Waals surface area contributed by atoms with Gasteiger partial charge in [0.15, 0.2) is 0 Å². The number of hydrogen-bond acceptors (Lipinski definition) is 3. The van der Waals surface area contributed by atoms with E-state index < -0.39 is 15.3 Å². The van der Waals surface area contributed by atoms with E-state index >= 15 is 0 Å². The standard InChI is InChI=1S/C12H16ClNO3S/c1-14(11-7-3-2-4-8-11)18(16,17)10-6-5-9-12(13)15/h2-4,7-8H,5-6,9-10H2,1H3. The quantitative estimate of drug-likeness (QED) is 0.572.